The van der Waals surface area contributed by atoms with Crippen molar-refractivity contribution in [3.05, 3.63) is 58.9 Å². The van der Waals surface area contributed by atoms with Crippen LogP contribution in [0, 0.1) is 6.92 Å². The molecular formula is C18H17ClN4O3. The highest BCUT2D eigenvalue weighted by atomic mass is 35.5. The Labute approximate surface area is 155 Å². The zero-order chi connectivity index (χ0) is 18.7. The summed E-state index contributed by atoms with van der Waals surface area (Å²) < 4.78 is 12.0. The van der Waals surface area contributed by atoms with Crippen LogP contribution in [0.2, 0.25) is 5.02 Å². The highest BCUT2D eigenvalue weighted by molar-refractivity contribution is 6.30. The highest BCUT2D eigenvalue weighted by Crippen LogP contribution is 2.29. The van der Waals surface area contributed by atoms with Gasteiger partial charge in [-0.3, -0.25) is 4.79 Å². The summed E-state index contributed by atoms with van der Waals surface area (Å²) in [6.07, 6.45) is 0. The Hall–Kier alpha value is -3.06. The molecule has 0 saturated carbocycles. The Kier molecular flexibility index (Phi) is 5.09. The van der Waals surface area contributed by atoms with Gasteiger partial charge in [-0.1, -0.05) is 16.8 Å². The molecule has 0 aliphatic rings. The van der Waals surface area contributed by atoms with Crippen molar-refractivity contribution in [3.63, 3.8) is 0 Å². The second-order valence-electron chi connectivity index (χ2n) is 5.43. The minimum Gasteiger partial charge on any atom is -0.497 e. The van der Waals surface area contributed by atoms with Crippen molar-refractivity contribution in [1.82, 2.24) is 15.0 Å². The monoisotopic (exact) mass is 372 g/mol. The first-order chi connectivity index (χ1) is 12.5. The van der Waals surface area contributed by atoms with Crippen molar-refractivity contribution < 1.29 is 14.3 Å². The highest BCUT2D eigenvalue weighted by Gasteiger charge is 2.19. The summed E-state index contributed by atoms with van der Waals surface area (Å²) in [5.41, 5.74) is 2.06. The van der Waals surface area contributed by atoms with Gasteiger partial charge in [0.2, 0.25) is 0 Å². The van der Waals surface area contributed by atoms with Gasteiger partial charge in [0, 0.05) is 11.1 Å². The molecule has 134 valence electrons. The number of amides is 1. The first kappa shape index (κ1) is 17.8. The van der Waals surface area contributed by atoms with Gasteiger partial charge in [-0.2, -0.15) is 0 Å². The molecule has 2 aromatic carbocycles. The molecule has 1 heterocycles. The molecule has 0 saturated heterocycles. The van der Waals surface area contributed by atoms with Crippen LogP contribution in [0.25, 0.3) is 5.69 Å². The smallest absolute Gasteiger partial charge is 0.278 e. The predicted molar refractivity (Wildman–Crippen MR) is 98.6 cm³/mol. The van der Waals surface area contributed by atoms with Gasteiger partial charge in [-0.05, 0) is 43.3 Å². The molecule has 0 aliphatic heterocycles. The van der Waals surface area contributed by atoms with Crippen molar-refractivity contribution in [1.29, 1.82) is 0 Å². The summed E-state index contributed by atoms with van der Waals surface area (Å²) in [6.45, 7) is 1.77. The molecule has 8 heteroatoms. The number of benzene rings is 2. The first-order valence-corrected chi connectivity index (χ1v) is 8.13. The van der Waals surface area contributed by atoms with E-state index in [1.165, 1.54) is 7.11 Å². The second-order valence-corrected chi connectivity index (χ2v) is 5.87. The summed E-state index contributed by atoms with van der Waals surface area (Å²) in [5.74, 6) is 0.721. The molecule has 1 N–H and O–H groups in total. The fraction of sp³-hybridized carbons (Fsp3) is 0.167. The summed E-state index contributed by atoms with van der Waals surface area (Å²) in [4.78, 5) is 12.7. The number of nitrogens with zero attached hydrogens (tertiary/aromatic N) is 3. The molecule has 0 fully saturated rings. The minimum atomic E-state index is -0.394. The number of anilines is 1. The van der Waals surface area contributed by atoms with E-state index in [9.17, 15) is 4.79 Å². The minimum absolute atomic E-state index is 0.213. The molecule has 0 spiro atoms. The molecule has 1 amide bonds. The maximum atomic E-state index is 12.7. The first-order valence-electron chi connectivity index (χ1n) is 7.75. The van der Waals surface area contributed by atoms with Crippen molar-refractivity contribution in [2.75, 3.05) is 19.5 Å². The van der Waals surface area contributed by atoms with Crippen molar-refractivity contribution in [3.8, 4) is 17.2 Å². The van der Waals surface area contributed by atoms with Gasteiger partial charge >= 0.3 is 0 Å². The van der Waals surface area contributed by atoms with Crippen LogP contribution >= 0.6 is 11.6 Å². The molecule has 26 heavy (non-hydrogen) atoms. The number of aromatic nitrogens is 3. The van der Waals surface area contributed by atoms with E-state index in [1.807, 2.05) is 0 Å². The Morgan fingerprint density at radius 2 is 1.85 bits per heavy atom. The van der Waals surface area contributed by atoms with Gasteiger partial charge < -0.3 is 14.8 Å². The van der Waals surface area contributed by atoms with Crippen LogP contribution in [-0.2, 0) is 0 Å². The Bertz CT molecular complexity index is 938. The normalized spacial score (nSPS) is 10.5. The lowest BCUT2D eigenvalue weighted by molar-refractivity contribution is 0.102. The number of rotatable bonds is 5. The van der Waals surface area contributed by atoms with E-state index in [1.54, 1.807) is 61.2 Å². The fourth-order valence-corrected chi connectivity index (χ4v) is 2.59. The van der Waals surface area contributed by atoms with E-state index < -0.39 is 5.91 Å². The van der Waals surface area contributed by atoms with Crippen LogP contribution in [0.3, 0.4) is 0 Å². The zero-order valence-electron chi connectivity index (χ0n) is 14.5. The predicted octanol–water partition coefficient (Wildman–Crippen LogP) is 3.50. The van der Waals surface area contributed by atoms with Gasteiger partial charge in [-0.25, -0.2) is 4.68 Å². The van der Waals surface area contributed by atoms with Gasteiger partial charge in [-0.15, -0.1) is 5.10 Å². The molecule has 0 unspecified atom stereocenters. The molecule has 0 atom stereocenters. The van der Waals surface area contributed by atoms with Crippen molar-refractivity contribution >= 4 is 23.2 Å². The Morgan fingerprint density at radius 1 is 1.12 bits per heavy atom. The molecule has 0 radical (unpaired) electrons. The molecule has 0 aliphatic carbocycles. The van der Waals surface area contributed by atoms with Gasteiger partial charge in [0.1, 0.15) is 11.5 Å². The second kappa shape index (κ2) is 7.45. The third kappa shape index (κ3) is 3.48. The Morgan fingerprint density at radius 3 is 2.50 bits per heavy atom. The van der Waals surface area contributed by atoms with E-state index in [0.29, 0.717) is 27.9 Å². The quantitative estimate of drug-likeness (QED) is 0.741. The number of methoxy groups -OCH3 is 2. The van der Waals surface area contributed by atoms with E-state index in [4.69, 9.17) is 21.1 Å². The number of hydrogen-bond donors (Lipinski definition) is 1. The van der Waals surface area contributed by atoms with Crippen LogP contribution in [0.15, 0.2) is 42.5 Å². The summed E-state index contributed by atoms with van der Waals surface area (Å²) >= 11 is 5.91. The summed E-state index contributed by atoms with van der Waals surface area (Å²) in [6, 6.07) is 12.2. The van der Waals surface area contributed by atoms with Crippen LogP contribution < -0.4 is 14.8 Å². The standard InChI is InChI=1S/C18H17ClN4O3/c1-11-17(21-22-23(11)13-6-4-12(19)5-7-13)18(24)20-15-10-14(25-2)8-9-16(15)26-3/h4-10H,1-3H3,(H,20,24). The average Bonchev–Trinajstić information content (AvgIpc) is 3.04. The fourth-order valence-electron chi connectivity index (χ4n) is 2.46. The number of carbonyl (C=O) groups is 1. The molecule has 1 aromatic heterocycles. The van der Waals surface area contributed by atoms with Crippen LogP contribution in [0.4, 0.5) is 5.69 Å². The van der Waals surface area contributed by atoms with E-state index in [2.05, 4.69) is 15.6 Å². The largest absolute Gasteiger partial charge is 0.497 e. The zero-order valence-corrected chi connectivity index (χ0v) is 15.2. The van der Waals surface area contributed by atoms with E-state index in [0.717, 1.165) is 5.69 Å². The van der Waals surface area contributed by atoms with Crippen LogP contribution in [0.1, 0.15) is 16.2 Å². The van der Waals surface area contributed by atoms with Crippen LogP contribution in [0.5, 0.6) is 11.5 Å². The summed E-state index contributed by atoms with van der Waals surface area (Å²) in [5, 5.41) is 11.5. The Balaban J connectivity index is 1.89. The number of hydrogen-bond acceptors (Lipinski definition) is 5. The molecule has 0 bridgehead atoms. The maximum Gasteiger partial charge on any atom is 0.278 e. The number of nitrogens with one attached hydrogen (secondary N) is 1. The van der Waals surface area contributed by atoms with Crippen molar-refractivity contribution in [2.45, 2.75) is 6.92 Å². The topological polar surface area (TPSA) is 78.3 Å². The van der Waals surface area contributed by atoms with E-state index >= 15 is 0 Å². The van der Waals surface area contributed by atoms with Crippen LogP contribution in [-0.4, -0.2) is 35.1 Å². The van der Waals surface area contributed by atoms with E-state index in [-0.39, 0.29) is 5.69 Å². The number of ether oxygens (including phenoxy) is 2. The van der Waals surface area contributed by atoms with Gasteiger partial charge in [0.05, 0.1) is 31.3 Å². The molecular weight excluding hydrogens is 356 g/mol. The molecule has 7 nitrogen and oxygen atoms in total. The number of halogens is 1. The molecule has 3 aromatic rings. The number of carbonyl (C=O) groups excluding carboxylic acids is 1. The lowest BCUT2D eigenvalue weighted by Gasteiger charge is -2.11. The third-order valence-electron chi connectivity index (χ3n) is 3.84. The SMILES string of the molecule is COc1ccc(OC)c(NC(=O)c2nnn(-c3ccc(Cl)cc3)c2C)c1. The third-order valence-corrected chi connectivity index (χ3v) is 4.09. The maximum absolute atomic E-state index is 12.7. The molecule has 3 rings (SSSR count). The lowest BCUT2D eigenvalue weighted by Crippen LogP contribution is -2.15. The summed E-state index contributed by atoms with van der Waals surface area (Å²) in [7, 11) is 3.08. The lowest BCUT2D eigenvalue weighted by atomic mass is 10.2. The average molecular weight is 373 g/mol. The van der Waals surface area contributed by atoms with Gasteiger partial charge in [0.15, 0.2) is 5.69 Å². The van der Waals surface area contributed by atoms with Gasteiger partial charge in [0.25, 0.3) is 5.91 Å². The van der Waals surface area contributed by atoms with Crippen molar-refractivity contribution in [2.24, 2.45) is 0 Å².